The zero-order valence-corrected chi connectivity index (χ0v) is 15.7. The van der Waals surface area contributed by atoms with Crippen molar-refractivity contribution >= 4 is 23.0 Å². The number of anilines is 3. The van der Waals surface area contributed by atoms with Gasteiger partial charge in [-0.3, -0.25) is 4.79 Å². The second-order valence-electron chi connectivity index (χ2n) is 6.88. The molecule has 0 radical (unpaired) electrons. The normalized spacial score (nSPS) is 14.9. The topological polar surface area (TPSA) is 47.6 Å². The Kier molecular flexibility index (Phi) is 6.12. The highest BCUT2D eigenvalue weighted by atomic mass is 16.1. The molecule has 0 spiro atoms. The summed E-state index contributed by atoms with van der Waals surface area (Å²) in [6.07, 6.45) is 0.439. The number of amides is 1. The van der Waals surface area contributed by atoms with Crippen molar-refractivity contribution in [3.05, 3.63) is 54.1 Å². The Morgan fingerprint density at radius 2 is 1.69 bits per heavy atom. The summed E-state index contributed by atoms with van der Waals surface area (Å²) >= 11 is 0. The molecular formula is C21H28N4O. The summed E-state index contributed by atoms with van der Waals surface area (Å²) in [5.41, 5.74) is 4.27. The van der Waals surface area contributed by atoms with Crippen molar-refractivity contribution in [2.45, 2.75) is 13.3 Å². The average molecular weight is 352 g/mol. The van der Waals surface area contributed by atoms with Gasteiger partial charge in [-0.25, -0.2) is 0 Å². The van der Waals surface area contributed by atoms with Crippen molar-refractivity contribution in [2.75, 3.05) is 55.3 Å². The summed E-state index contributed by atoms with van der Waals surface area (Å²) in [7, 11) is 2.17. The smallest absolute Gasteiger partial charge is 0.226 e. The number of hydrogen-bond acceptors (Lipinski definition) is 4. The first kappa shape index (κ1) is 18.3. The summed E-state index contributed by atoms with van der Waals surface area (Å²) in [5, 5.41) is 6.29. The lowest BCUT2D eigenvalue weighted by Gasteiger charge is -2.34. The molecule has 3 rings (SSSR count). The molecule has 0 aliphatic carbocycles. The number of para-hydroxylation sites is 1. The fraction of sp³-hybridized carbons (Fsp3) is 0.381. The van der Waals surface area contributed by atoms with Gasteiger partial charge in [-0.05, 0) is 49.9 Å². The number of hydrogen-bond donors (Lipinski definition) is 2. The number of nitrogens with one attached hydrogen (secondary N) is 2. The van der Waals surface area contributed by atoms with Crippen LogP contribution in [0.2, 0.25) is 0 Å². The van der Waals surface area contributed by atoms with Gasteiger partial charge in [0.2, 0.25) is 5.91 Å². The van der Waals surface area contributed by atoms with Crippen LogP contribution in [0.4, 0.5) is 17.1 Å². The van der Waals surface area contributed by atoms with Crippen molar-refractivity contribution in [1.82, 2.24) is 4.90 Å². The van der Waals surface area contributed by atoms with Gasteiger partial charge >= 0.3 is 0 Å². The first-order valence-electron chi connectivity index (χ1n) is 9.25. The summed E-state index contributed by atoms with van der Waals surface area (Å²) in [6, 6.07) is 16.3. The van der Waals surface area contributed by atoms with E-state index in [-0.39, 0.29) is 5.91 Å². The minimum atomic E-state index is 0.0286. The van der Waals surface area contributed by atoms with Crippen molar-refractivity contribution in [3.8, 4) is 0 Å². The summed E-state index contributed by atoms with van der Waals surface area (Å²) in [5.74, 6) is 0.0286. The summed E-state index contributed by atoms with van der Waals surface area (Å²) < 4.78 is 0. The van der Waals surface area contributed by atoms with Crippen molar-refractivity contribution < 1.29 is 4.79 Å². The second-order valence-corrected chi connectivity index (χ2v) is 6.88. The molecule has 0 aromatic heterocycles. The van der Waals surface area contributed by atoms with Gasteiger partial charge in [-0.2, -0.15) is 0 Å². The monoisotopic (exact) mass is 352 g/mol. The molecule has 2 N–H and O–H groups in total. The molecule has 138 valence electrons. The lowest BCUT2D eigenvalue weighted by Crippen LogP contribution is -2.44. The average Bonchev–Trinajstić information content (AvgIpc) is 2.65. The molecule has 1 amide bonds. The van der Waals surface area contributed by atoms with Crippen LogP contribution in [-0.2, 0) is 4.79 Å². The molecule has 0 unspecified atom stereocenters. The SMILES string of the molecule is Cc1ccccc1NC(=O)CCNc1ccc(N2CCN(C)CC2)cc1. The Morgan fingerprint density at radius 1 is 1.00 bits per heavy atom. The maximum atomic E-state index is 12.1. The van der Waals surface area contributed by atoms with Gasteiger partial charge in [-0.1, -0.05) is 18.2 Å². The molecule has 1 heterocycles. The van der Waals surface area contributed by atoms with Gasteiger partial charge < -0.3 is 20.4 Å². The highest BCUT2D eigenvalue weighted by Gasteiger charge is 2.13. The van der Waals surface area contributed by atoms with E-state index < -0.39 is 0 Å². The van der Waals surface area contributed by atoms with E-state index in [0.717, 1.165) is 43.1 Å². The van der Waals surface area contributed by atoms with E-state index in [1.165, 1.54) is 5.69 Å². The zero-order valence-electron chi connectivity index (χ0n) is 15.7. The zero-order chi connectivity index (χ0) is 18.4. The quantitative estimate of drug-likeness (QED) is 0.838. The van der Waals surface area contributed by atoms with Crippen LogP contribution in [0.5, 0.6) is 0 Å². The van der Waals surface area contributed by atoms with E-state index in [0.29, 0.717) is 13.0 Å². The first-order valence-corrected chi connectivity index (χ1v) is 9.25. The number of carbonyl (C=O) groups excluding carboxylic acids is 1. The van der Waals surface area contributed by atoms with Crippen LogP contribution in [0, 0.1) is 6.92 Å². The fourth-order valence-corrected chi connectivity index (χ4v) is 3.10. The third-order valence-corrected chi connectivity index (χ3v) is 4.84. The molecular weight excluding hydrogens is 324 g/mol. The van der Waals surface area contributed by atoms with E-state index in [4.69, 9.17) is 0 Å². The van der Waals surface area contributed by atoms with Crippen LogP contribution < -0.4 is 15.5 Å². The van der Waals surface area contributed by atoms with E-state index in [9.17, 15) is 4.79 Å². The van der Waals surface area contributed by atoms with E-state index in [1.807, 2.05) is 31.2 Å². The van der Waals surface area contributed by atoms with E-state index >= 15 is 0 Å². The Labute approximate surface area is 156 Å². The molecule has 0 atom stereocenters. The number of aryl methyl sites for hydroxylation is 1. The number of piperazine rings is 1. The number of benzene rings is 2. The van der Waals surface area contributed by atoms with Crippen LogP contribution in [0.15, 0.2) is 48.5 Å². The minimum Gasteiger partial charge on any atom is -0.385 e. The van der Waals surface area contributed by atoms with Gasteiger partial charge in [0.05, 0.1) is 0 Å². The predicted molar refractivity (Wildman–Crippen MR) is 109 cm³/mol. The van der Waals surface area contributed by atoms with Crippen LogP contribution in [-0.4, -0.2) is 50.6 Å². The number of likely N-dealkylation sites (N-methyl/N-ethyl adjacent to an activating group) is 1. The Balaban J connectivity index is 1.43. The molecule has 1 aliphatic heterocycles. The maximum Gasteiger partial charge on any atom is 0.226 e. The van der Waals surface area contributed by atoms with E-state index in [2.05, 4.69) is 51.7 Å². The van der Waals surface area contributed by atoms with Gasteiger partial charge in [0, 0.05) is 56.2 Å². The molecule has 5 heteroatoms. The van der Waals surface area contributed by atoms with Crippen molar-refractivity contribution in [3.63, 3.8) is 0 Å². The van der Waals surface area contributed by atoms with Crippen LogP contribution in [0.1, 0.15) is 12.0 Å². The maximum absolute atomic E-state index is 12.1. The Bertz CT molecular complexity index is 721. The van der Waals surface area contributed by atoms with Crippen LogP contribution in [0.3, 0.4) is 0 Å². The fourth-order valence-electron chi connectivity index (χ4n) is 3.10. The number of nitrogens with zero attached hydrogens (tertiary/aromatic N) is 2. The molecule has 2 aromatic carbocycles. The molecule has 1 saturated heterocycles. The molecule has 26 heavy (non-hydrogen) atoms. The Hall–Kier alpha value is -2.53. The molecule has 1 fully saturated rings. The second kappa shape index (κ2) is 8.72. The first-order chi connectivity index (χ1) is 12.6. The third-order valence-electron chi connectivity index (χ3n) is 4.84. The highest BCUT2D eigenvalue weighted by Crippen LogP contribution is 2.19. The third kappa shape index (κ3) is 4.99. The van der Waals surface area contributed by atoms with Crippen molar-refractivity contribution in [1.29, 1.82) is 0 Å². The highest BCUT2D eigenvalue weighted by molar-refractivity contribution is 5.91. The van der Waals surface area contributed by atoms with Gasteiger partial charge in [-0.15, -0.1) is 0 Å². The Morgan fingerprint density at radius 3 is 2.38 bits per heavy atom. The minimum absolute atomic E-state index is 0.0286. The lowest BCUT2D eigenvalue weighted by molar-refractivity contribution is -0.115. The lowest BCUT2D eigenvalue weighted by atomic mass is 10.2. The molecule has 2 aromatic rings. The molecule has 0 saturated carbocycles. The largest absolute Gasteiger partial charge is 0.385 e. The summed E-state index contributed by atoms with van der Waals surface area (Å²) in [6.45, 7) is 6.97. The predicted octanol–water partition coefficient (Wildman–Crippen LogP) is 3.19. The van der Waals surface area contributed by atoms with Gasteiger partial charge in [0.15, 0.2) is 0 Å². The summed E-state index contributed by atoms with van der Waals surface area (Å²) in [4.78, 5) is 16.9. The van der Waals surface area contributed by atoms with Gasteiger partial charge in [0.1, 0.15) is 0 Å². The standard InChI is InChI=1S/C21H28N4O/c1-17-5-3-4-6-20(17)23-21(26)11-12-22-18-7-9-19(10-8-18)25-15-13-24(2)14-16-25/h3-10,22H,11-16H2,1-2H3,(H,23,26). The molecule has 0 bridgehead atoms. The van der Waals surface area contributed by atoms with Gasteiger partial charge in [0.25, 0.3) is 0 Å². The van der Waals surface area contributed by atoms with E-state index in [1.54, 1.807) is 0 Å². The molecule has 1 aliphatic rings. The van der Waals surface area contributed by atoms with Crippen LogP contribution in [0.25, 0.3) is 0 Å². The van der Waals surface area contributed by atoms with Crippen LogP contribution >= 0.6 is 0 Å². The van der Waals surface area contributed by atoms with Crippen molar-refractivity contribution in [2.24, 2.45) is 0 Å². The number of carbonyl (C=O) groups is 1. The number of rotatable bonds is 6. The molecule has 5 nitrogen and oxygen atoms in total.